The zero-order valence-corrected chi connectivity index (χ0v) is 11.8. The number of nitrogens with two attached hydrogens (primary N) is 1. The van der Waals surface area contributed by atoms with Crippen LogP contribution < -0.4 is 15.8 Å². The molecule has 4 nitrogen and oxygen atoms in total. The van der Waals surface area contributed by atoms with Crippen LogP contribution in [-0.4, -0.2) is 18.1 Å². The molecule has 104 valence electrons. The Kier molecular flexibility index (Phi) is 4.32. The fourth-order valence-corrected chi connectivity index (χ4v) is 2.38. The van der Waals surface area contributed by atoms with E-state index in [1.165, 1.54) is 0 Å². The lowest BCUT2D eigenvalue weighted by Crippen LogP contribution is -2.48. The SMILES string of the molecule is CCOc1ccc(Cl)cc1NC(=O)CC1(N)CCC1. The highest BCUT2D eigenvalue weighted by molar-refractivity contribution is 6.31. The van der Waals surface area contributed by atoms with Gasteiger partial charge in [-0.15, -0.1) is 0 Å². The lowest BCUT2D eigenvalue weighted by Gasteiger charge is -2.37. The summed E-state index contributed by atoms with van der Waals surface area (Å²) in [6.07, 6.45) is 3.26. The number of hydrogen-bond acceptors (Lipinski definition) is 3. The summed E-state index contributed by atoms with van der Waals surface area (Å²) in [5.74, 6) is 0.533. The van der Waals surface area contributed by atoms with Gasteiger partial charge >= 0.3 is 0 Å². The molecular weight excluding hydrogens is 264 g/mol. The third-order valence-electron chi connectivity index (χ3n) is 3.38. The van der Waals surface area contributed by atoms with Crippen LogP contribution in [0.2, 0.25) is 5.02 Å². The van der Waals surface area contributed by atoms with E-state index >= 15 is 0 Å². The average Bonchev–Trinajstić information content (AvgIpc) is 2.30. The number of carbonyl (C=O) groups excluding carboxylic acids is 1. The molecule has 0 unspecified atom stereocenters. The van der Waals surface area contributed by atoms with Gasteiger partial charge in [-0.1, -0.05) is 11.6 Å². The summed E-state index contributed by atoms with van der Waals surface area (Å²) in [6.45, 7) is 2.43. The van der Waals surface area contributed by atoms with Gasteiger partial charge in [0.05, 0.1) is 12.3 Å². The van der Waals surface area contributed by atoms with Crippen LogP contribution in [0, 0.1) is 0 Å². The number of carbonyl (C=O) groups is 1. The molecule has 0 atom stereocenters. The zero-order chi connectivity index (χ0) is 13.9. The molecule has 1 amide bonds. The van der Waals surface area contributed by atoms with E-state index in [0.717, 1.165) is 19.3 Å². The molecule has 2 rings (SSSR count). The maximum Gasteiger partial charge on any atom is 0.226 e. The van der Waals surface area contributed by atoms with Gasteiger partial charge in [0.2, 0.25) is 5.91 Å². The number of nitrogens with one attached hydrogen (secondary N) is 1. The fraction of sp³-hybridized carbons (Fsp3) is 0.500. The lowest BCUT2D eigenvalue weighted by molar-refractivity contribution is -0.118. The maximum atomic E-state index is 12.0. The summed E-state index contributed by atoms with van der Waals surface area (Å²) < 4.78 is 5.46. The molecule has 3 N–H and O–H groups in total. The third-order valence-corrected chi connectivity index (χ3v) is 3.61. The molecule has 1 aliphatic carbocycles. The smallest absolute Gasteiger partial charge is 0.226 e. The van der Waals surface area contributed by atoms with E-state index in [1.807, 2.05) is 6.92 Å². The Hall–Kier alpha value is -1.26. The van der Waals surface area contributed by atoms with Crippen LogP contribution in [0.5, 0.6) is 5.75 Å². The van der Waals surface area contributed by atoms with E-state index in [0.29, 0.717) is 29.5 Å². The van der Waals surface area contributed by atoms with E-state index in [4.69, 9.17) is 22.1 Å². The first-order valence-electron chi connectivity index (χ1n) is 6.53. The Morgan fingerprint density at radius 2 is 2.26 bits per heavy atom. The van der Waals surface area contributed by atoms with Crippen LogP contribution in [0.15, 0.2) is 18.2 Å². The molecule has 1 fully saturated rings. The molecule has 5 heteroatoms. The predicted octanol–water partition coefficient (Wildman–Crippen LogP) is 2.95. The standard InChI is InChI=1S/C14H19ClN2O2/c1-2-19-12-5-4-10(15)8-11(12)17-13(18)9-14(16)6-3-7-14/h4-5,8H,2-3,6-7,9,16H2,1H3,(H,17,18). The molecule has 19 heavy (non-hydrogen) atoms. The zero-order valence-electron chi connectivity index (χ0n) is 11.0. The first-order valence-corrected chi connectivity index (χ1v) is 6.91. The van der Waals surface area contributed by atoms with Crippen molar-refractivity contribution in [1.82, 2.24) is 0 Å². The molecule has 1 aromatic carbocycles. The largest absolute Gasteiger partial charge is 0.492 e. The van der Waals surface area contributed by atoms with Gasteiger partial charge in [0.1, 0.15) is 5.75 Å². The van der Waals surface area contributed by atoms with E-state index in [2.05, 4.69) is 5.32 Å². The van der Waals surface area contributed by atoms with Crippen LogP contribution in [0.1, 0.15) is 32.6 Å². The summed E-state index contributed by atoms with van der Waals surface area (Å²) in [5.41, 5.74) is 6.34. The van der Waals surface area contributed by atoms with E-state index in [9.17, 15) is 4.79 Å². The Bertz CT molecular complexity index is 473. The first kappa shape index (κ1) is 14.2. The molecular formula is C14H19ClN2O2. The van der Waals surface area contributed by atoms with E-state index in [-0.39, 0.29) is 11.4 Å². The number of halogens is 1. The molecule has 0 spiro atoms. The van der Waals surface area contributed by atoms with Gasteiger partial charge < -0.3 is 15.8 Å². The summed E-state index contributed by atoms with van der Waals surface area (Å²) in [5, 5.41) is 3.39. The van der Waals surface area contributed by atoms with E-state index in [1.54, 1.807) is 18.2 Å². The van der Waals surface area contributed by atoms with Gasteiger partial charge in [-0.2, -0.15) is 0 Å². The molecule has 0 bridgehead atoms. The van der Waals surface area contributed by atoms with E-state index < -0.39 is 0 Å². The predicted molar refractivity (Wildman–Crippen MR) is 76.6 cm³/mol. The molecule has 0 heterocycles. The second-order valence-electron chi connectivity index (χ2n) is 5.01. The van der Waals surface area contributed by atoms with Gasteiger partial charge in [0.25, 0.3) is 0 Å². The number of benzene rings is 1. The van der Waals surface area contributed by atoms with Crippen LogP contribution in [0.3, 0.4) is 0 Å². The van der Waals surface area contributed by atoms with Crippen molar-refractivity contribution in [3.8, 4) is 5.75 Å². The number of anilines is 1. The lowest BCUT2D eigenvalue weighted by atomic mass is 9.75. The van der Waals surface area contributed by atoms with Crippen molar-refractivity contribution in [2.45, 2.75) is 38.1 Å². The van der Waals surface area contributed by atoms with Crippen molar-refractivity contribution in [1.29, 1.82) is 0 Å². The number of rotatable bonds is 5. The number of ether oxygens (including phenoxy) is 1. The molecule has 0 aromatic heterocycles. The van der Waals surface area contributed by atoms with Gasteiger partial charge in [0.15, 0.2) is 0 Å². The molecule has 1 saturated carbocycles. The van der Waals surface area contributed by atoms with Crippen molar-refractivity contribution in [3.05, 3.63) is 23.2 Å². The normalized spacial score (nSPS) is 16.6. The van der Waals surface area contributed by atoms with Crippen LogP contribution in [-0.2, 0) is 4.79 Å². The number of amides is 1. The third kappa shape index (κ3) is 3.61. The Balaban J connectivity index is 2.04. The van der Waals surface area contributed by atoms with Crippen molar-refractivity contribution in [2.75, 3.05) is 11.9 Å². The fourth-order valence-electron chi connectivity index (χ4n) is 2.20. The van der Waals surface area contributed by atoms with Crippen LogP contribution in [0.25, 0.3) is 0 Å². The Morgan fingerprint density at radius 3 is 2.84 bits per heavy atom. The van der Waals surface area contributed by atoms with Crippen molar-refractivity contribution in [2.24, 2.45) is 5.73 Å². The number of hydrogen-bond donors (Lipinski definition) is 2. The maximum absolute atomic E-state index is 12.0. The molecule has 1 aliphatic rings. The monoisotopic (exact) mass is 282 g/mol. The summed E-state index contributed by atoms with van der Waals surface area (Å²) in [7, 11) is 0. The minimum atomic E-state index is -0.325. The van der Waals surface area contributed by atoms with Crippen molar-refractivity contribution in [3.63, 3.8) is 0 Å². The second kappa shape index (κ2) is 5.80. The highest BCUT2D eigenvalue weighted by atomic mass is 35.5. The highest BCUT2D eigenvalue weighted by Gasteiger charge is 2.34. The summed E-state index contributed by atoms with van der Waals surface area (Å²) in [4.78, 5) is 12.0. The van der Waals surface area contributed by atoms with Gasteiger partial charge in [0, 0.05) is 17.0 Å². The van der Waals surface area contributed by atoms with Gasteiger partial charge in [-0.3, -0.25) is 4.79 Å². The van der Waals surface area contributed by atoms with Crippen molar-refractivity contribution < 1.29 is 9.53 Å². The van der Waals surface area contributed by atoms with Crippen LogP contribution >= 0.6 is 11.6 Å². The molecule has 0 saturated heterocycles. The minimum Gasteiger partial charge on any atom is -0.492 e. The Morgan fingerprint density at radius 1 is 1.53 bits per heavy atom. The van der Waals surface area contributed by atoms with Crippen molar-refractivity contribution >= 4 is 23.2 Å². The second-order valence-corrected chi connectivity index (χ2v) is 5.45. The minimum absolute atomic E-state index is 0.0922. The molecule has 0 aliphatic heterocycles. The molecule has 1 aromatic rings. The quantitative estimate of drug-likeness (QED) is 0.873. The van der Waals surface area contributed by atoms with Crippen LogP contribution in [0.4, 0.5) is 5.69 Å². The summed E-state index contributed by atoms with van der Waals surface area (Å²) >= 11 is 5.94. The summed E-state index contributed by atoms with van der Waals surface area (Å²) in [6, 6.07) is 5.18. The van der Waals surface area contributed by atoms with Gasteiger partial charge in [-0.05, 0) is 44.4 Å². The first-order chi connectivity index (χ1) is 9.02. The average molecular weight is 283 g/mol. The van der Waals surface area contributed by atoms with Gasteiger partial charge in [-0.25, -0.2) is 0 Å². The topological polar surface area (TPSA) is 64.3 Å². The highest BCUT2D eigenvalue weighted by Crippen LogP contribution is 2.33. The molecule has 0 radical (unpaired) electrons. The Labute approximate surface area is 118 Å².